The summed E-state index contributed by atoms with van der Waals surface area (Å²) in [6.07, 6.45) is 2.43. The minimum absolute atomic E-state index is 0.0383. The highest BCUT2D eigenvalue weighted by Crippen LogP contribution is 2.46. The fourth-order valence-electron chi connectivity index (χ4n) is 6.86. The van der Waals surface area contributed by atoms with Crippen LogP contribution >= 0.6 is 0 Å². The van der Waals surface area contributed by atoms with E-state index in [0.29, 0.717) is 36.9 Å². The molecule has 0 aromatic heterocycles. The van der Waals surface area contributed by atoms with Gasteiger partial charge in [0.25, 0.3) is 5.91 Å². The van der Waals surface area contributed by atoms with Gasteiger partial charge in [0.2, 0.25) is 5.91 Å². The molecule has 2 N–H and O–H groups in total. The number of nitrogens with one attached hydrogen (secondary N) is 2. The lowest BCUT2D eigenvalue weighted by atomic mass is 9.76. The van der Waals surface area contributed by atoms with E-state index in [1.807, 2.05) is 67.5 Å². The van der Waals surface area contributed by atoms with Crippen LogP contribution in [0.5, 0.6) is 0 Å². The quantitative estimate of drug-likeness (QED) is 0.365. The summed E-state index contributed by atoms with van der Waals surface area (Å²) < 4.78 is 26.6. The van der Waals surface area contributed by atoms with Gasteiger partial charge in [-0.25, -0.2) is 4.39 Å². The number of likely N-dealkylation sites (tertiary alicyclic amines) is 1. The van der Waals surface area contributed by atoms with E-state index in [2.05, 4.69) is 10.6 Å². The topological polar surface area (TPSA) is 83.1 Å². The number of carbonyl (C=O) groups excluding carboxylic acids is 2. The predicted octanol–water partition coefficient (Wildman–Crippen LogP) is 5.65. The Balaban J connectivity index is 1.36. The lowest BCUT2D eigenvalue weighted by Gasteiger charge is -2.47. The van der Waals surface area contributed by atoms with Crippen LogP contribution in [-0.4, -0.2) is 69.3 Å². The average Bonchev–Trinajstić information content (AvgIpc) is 3.50. The summed E-state index contributed by atoms with van der Waals surface area (Å²) in [6.45, 7) is 4.03. The van der Waals surface area contributed by atoms with Crippen molar-refractivity contribution in [2.45, 2.75) is 44.3 Å². The fraction of sp³-hybridized carbons (Fsp3) is 0.429. The average molecular weight is 601 g/mol. The molecule has 3 aliphatic rings. The first-order valence-electron chi connectivity index (χ1n) is 15.5. The zero-order valence-corrected chi connectivity index (χ0v) is 25.6. The van der Waals surface area contributed by atoms with Crippen molar-refractivity contribution in [2.75, 3.05) is 56.1 Å². The number of amides is 2. The zero-order chi connectivity index (χ0) is 30.8. The number of rotatable bonds is 7. The molecule has 4 atom stereocenters. The van der Waals surface area contributed by atoms with Crippen LogP contribution in [0.3, 0.4) is 0 Å². The summed E-state index contributed by atoms with van der Waals surface area (Å²) in [7, 11) is 3.93. The number of hydrogen-bond donors (Lipinski definition) is 2. The second-order valence-electron chi connectivity index (χ2n) is 12.4. The number of anilines is 3. The molecule has 6 rings (SSSR count). The molecule has 0 saturated carbocycles. The molecule has 232 valence electrons. The van der Waals surface area contributed by atoms with Gasteiger partial charge in [-0.15, -0.1) is 0 Å². The number of piperidine rings is 1. The first kappa shape index (κ1) is 30.1. The van der Waals surface area contributed by atoms with Crippen LogP contribution in [0.1, 0.15) is 46.8 Å². The standard InChI is InChI=1S/C35H41FN4O4/c1-22-5-4-6-30(36)32(22)35(42)40-31-21-44-20-24(31)19-29(34(41)38-26-11-13-28(14-12-26)39(2)3)33(40)23-7-9-25(10-8-23)37-27-15-17-43-18-16-27/h4-14,24,27,29,31,33,37H,15-21H2,1-3H3,(H,38,41). The maximum Gasteiger partial charge on any atom is 0.257 e. The van der Waals surface area contributed by atoms with Crippen LogP contribution in [0.2, 0.25) is 0 Å². The fourth-order valence-corrected chi connectivity index (χ4v) is 6.86. The third-order valence-corrected chi connectivity index (χ3v) is 9.26. The van der Waals surface area contributed by atoms with Gasteiger partial charge in [-0.1, -0.05) is 24.3 Å². The molecular weight excluding hydrogens is 559 g/mol. The van der Waals surface area contributed by atoms with Crippen molar-refractivity contribution in [2.24, 2.45) is 11.8 Å². The van der Waals surface area contributed by atoms with Crippen molar-refractivity contribution in [3.8, 4) is 0 Å². The van der Waals surface area contributed by atoms with Gasteiger partial charge in [-0.2, -0.15) is 0 Å². The number of benzene rings is 3. The lowest BCUT2D eigenvalue weighted by Crippen LogP contribution is -2.55. The molecule has 3 saturated heterocycles. The Hall–Kier alpha value is -3.95. The number of carbonyl (C=O) groups is 2. The van der Waals surface area contributed by atoms with Crippen molar-refractivity contribution in [3.63, 3.8) is 0 Å². The molecule has 0 aliphatic carbocycles. The number of halogens is 1. The first-order valence-corrected chi connectivity index (χ1v) is 15.5. The highest BCUT2D eigenvalue weighted by molar-refractivity contribution is 5.98. The predicted molar refractivity (Wildman–Crippen MR) is 170 cm³/mol. The maximum atomic E-state index is 15.3. The molecule has 3 aromatic rings. The molecule has 0 radical (unpaired) electrons. The van der Waals surface area contributed by atoms with Gasteiger partial charge in [0, 0.05) is 56.3 Å². The SMILES string of the molecule is Cc1cccc(F)c1C(=O)N1C2COCC2CC(C(=O)Nc2ccc(N(C)C)cc2)C1c1ccc(NC2CCOCC2)cc1. The Kier molecular flexibility index (Phi) is 8.86. The third kappa shape index (κ3) is 6.16. The molecule has 0 spiro atoms. The van der Waals surface area contributed by atoms with Crippen molar-refractivity contribution in [3.05, 3.63) is 89.2 Å². The summed E-state index contributed by atoms with van der Waals surface area (Å²) in [4.78, 5) is 32.3. The summed E-state index contributed by atoms with van der Waals surface area (Å²) in [5.41, 5.74) is 4.12. The van der Waals surface area contributed by atoms with E-state index in [1.54, 1.807) is 24.0 Å². The zero-order valence-electron chi connectivity index (χ0n) is 25.6. The number of nitrogens with zero attached hydrogens (tertiary/aromatic N) is 2. The van der Waals surface area contributed by atoms with E-state index in [1.165, 1.54) is 6.07 Å². The molecule has 3 aromatic carbocycles. The summed E-state index contributed by atoms with van der Waals surface area (Å²) in [6, 6.07) is 19.8. The van der Waals surface area contributed by atoms with Crippen LogP contribution in [0.25, 0.3) is 0 Å². The van der Waals surface area contributed by atoms with Crippen molar-refractivity contribution < 1.29 is 23.5 Å². The smallest absolute Gasteiger partial charge is 0.257 e. The van der Waals surface area contributed by atoms with Gasteiger partial charge in [0.1, 0.15) is 5.82 Å². The summed E-state index contributed by atoms with van der Waals surface area (Å²) >= 11 is 0. The van der Waals surface area contributed by atoms with Crippen LogP contribution < -0.4 is 15.5 Å². The number of ether oxygens (including phenoxy) is 2. The Morgan fingerprint density at radius 1 is 0.909 bits per heavy atom. The number of hydrogen-bond acceptors (Lipinski definition) is 6. The summed E-state index contributed by atoms with van der Waals surface area (Å²) in [5, 5.41) is 6.70. The minimum Gasteiger partial charge on any atom is -0.382 e. The second-order valence-corrected chi connectivity index (χ2v) is 12.4. The van der Waals surface area contributed by atoms with Crippen LogP contribution in [0.15, 0.2) is 66.7 Å². The van der Waals surface area contributed by atoms with Crippen molar-refractivity contribution >= 4 is 28.9 Å². The van der Waals surface area contributed by atoms with E-state index in [0.717, 1.165) is 43.0 Å². The van der Waals surface area contributed by atoms with E-state index >= 15 is 4.39 Å². The van der Waals surface area contributed by atoms with Gasteiger partial charge in [0.05, 0.1) is 36.8 Å². The van der Waals surface area contributed by atoms with Gasteiger partial charge < -0.3 is 29.9 Å². The molecule has 4 unspecified atom stereocenters. The highest BCUT2D eigenvalue weighted by Gasteiger charge is 2.51. The van der Waals surface area contributed by atoms with Crippen molar-refractivity contribution in [1.29, 1.82) is 0 Å². The Morgan fingerprint density at radius 3 is 2.30 bits per heavy atom. The molecule has 8 nitrogen and oxygen atoms in total. The second kappa shape index (κ2) is 13.0. The Morgan fingerprint density at radius 2 is 1.61 bits per heavy atom. The molecule has 2 amide bonds. The summed E-state index contributed by atoms with van der Waals surface area (Å²) in [5.74, 6) is -1.76. The van der Waals surface area contributed by atoms with E-state index in [4.69, 9.17) is 9.47 Å². The van der Waals surface area contributed by atoms with Crippen molar-refractivity contribution in [1.82, 2.24) is 4.90 Å². The minimum atomic E-state index is -0.609. The maximum absolute atomic E-state index is 15.3. The van der Waals surface area contributed by atoms with E-state index < -0.39 is 23.7 Å². The van der Waals surface area contributed by atoms with Gasteiger partial charge in [-0.3, -0.25) is 9.59 Å². The third-order valence-electron chi connectivity index (χ3n) is 9.26. The van der Waals surface area contributed by atoms with Gasteiger partial charge in [0.15, 0.2) is 0 Å². The molecule has 44 heavy (non-hydrogen) atoms. The molecule has 9 heteroatoms. The monoisotopic (exact) mass is 600 g/mol. The molecular formula is C35H41FN4O4. The largest absolute Gasteiger partial charge is 0.382 e. The Labute approximate surface area is 258 Å². The van der Waals surface area contributed by atoms with E-state index in [9.17, 15) is 9.59 Å². The van der Waals surface area contributed by atoms with E-state index in [-0.39, 0.29) is 23.4 Å². The number of aryl methyl sites for hydroxylation is 1. The normalized spacial score (nSPS) is 23.6. The highest BCUT2D eigenvalue weighted by atomic mass is 19.1. The van der Waals surface area contributed by atoms with Crippen LogP contribution in [0.4, 0.5) is 21.5 Å². The molecule has 3 fully saturated rings. The molecule has 0 bridgehead atoms. The number of fused-ring (bicyclic) bond motifs is 1. The molecule has 3 aliphatic heterocycles. The van der Waals surface area contributed by atoms with Gasteiger partial charge >= 0.3 is 0 Å². The van der Waals surface area contributed by atoms with Crippen LogP contribution in [0, 0.1) is 24.6 Å². The Bertz CT molecular complexity index is 1450. The first-order chi connectivity index (χ1) is 21.3. The lowest BCUT2D eigenvalue weighted by molar-refractivity contribution is -0.124. The van der Waals surface area contributed by atoms with Gasteiger partial charge in [-0.05, 0) is 79.8 Å². The van der Waals surface area contributed by atoms with Crippen LogP contribution in [-0.2, 0) is 14.3 Å². The molecule has 3 heterocycles.